The molecule has 1 rings (SSSR count). The first-order valence-corrected chi connectivity index (χ1v) is 4.92. The van der Waals surface area contributed by atoms with Crippen LogP contribution in [-0.2, 0) is 4.79 Å². The highest BCUT2D eigenvalue weighted by Crippen LogP contribution is 2.13. The van der Waals surface area contributed by atoms with E-state index in [-0.39, 0.29) is 5.91 Å². The zero-order valence-electron chi connectivity index (χ0n) is 7.75. The lowest BCUT2D eigenvalue weighted by Crippen LogP contribution is -2.09. The Morgan fingerprint density at radius 2 is 2.00 bits per heavy atom. The summed E-state index contributed by atoms with van der Waals surface area (Å²) >= 11 is 3.32. The van der Waals surface area contributed by atoms with Crippen molar-refractivity contribution < 1.29 is 4.79 Å². The molecule has 0 saturated heterocycles. The van der Waals surface area contributed by atoms with E-state index < -0.39 is 0 Å². The topological polar surface area (TPSA) is 41.1 Å². The van der Waals surface area contributed by atoms with Gasteiger partial charge in [-0.3, -0.25) is 4.79 Å². The Balaban J connectivity index is 2.56. The van der Waals surface area contributed by atoms with Crippen LogP contribution in [0.1, 0.15) is 0 Å². The van der Waals surface area contributed by atoms with Gasteiger partial charge in [0.1, 0.15) is 0 Å². The predicted molar refractivity (Wildman–Crippen MR) is 61.0 cm³/mol. The molecule has 0 saturated carbocycles. The zero-order chi connectivity index (χ0) is 10.4. The summed E-state index contributed by atoms with van der Waals surface area (Å²) in [6, 6.07) is 7.40. The Morgan fingerprint density at radius 1 is 1.36 bits per heavy atom. The number of hydrogen-bond donors (Lipinski definition) is 2. The molecule has 4 heteroatoms. The number of amides is 1. The molecule has 0 spiro atoms. The van der Waals surface area contributed by atoms with Crippen LogP contribution in [0.5, 0.6) is 0 Å². The van der Waals surface area contributed by atoms with Crippen molar-refractivity contribution in [2.45, 2.75) is 0 Å². The lowest BCUT2D eigenvalue weighted by molar-refractivity contribution is -0.111. The van der Waals surface area contributed by atoms with E-state index in [0.29, 0.717) is 0 Å². The van der Waals surface area contributed by atoms with Crippen molar-refractivity contribution >= 4 is 27.5 Å². The van der Waals surface area contributed by atoms with Gasteiger partial charge in [-0.2, -0.15) is 0 Å². The van der Waals surface area contributed by atoms with Gasteiger partial charge in [-0.1, -0.05) is 15.9 Å². The average molecular weight is 255 g/mol. The molecule has 0 radical (unpaired) electrons. The quantitative estimate of drug-likeness (QED) is 0.812. The van der Waals surface area contributed by atoms with Crippen molar-refractivity contribution in [3.05, 3.63) is 41.0 Å². The summed E-state index contributed by atoms with van der Waals surface area (Å²) in [4.78, 5) is 11.2. The largest absolute Gasteiger partial charge is 0.394 e. The number of rotatable bonds is 3. The highest BCUT2D eigenvalue weighted by Gasteiger charge is 1.96. The summed E-state index contributed by atoms with van der Waals surface area (Å²) in [5, 5.41) is 5.46. The summed E-state index contributed by atoms with van der Waals surface area (Å²) in [5.41, 5.74) is 0.777. The van der Waals surface area contributed by atoms with Gasteiger partial charge >= 0.3 is 0 Å². The molecule has 0 aromatic heterocycles. The van der Waals surface area contributed by atoms with Crippen LogP contribution >= 0.6 is 15.9 Å². The van der Waals surface area contributed by atoms with Crippen LogP contribution in [0.2, 0.25) is 0 Å². The van der Waals surface area contributed by atoms with E-state index in [1.54, 1.807) is 13.2 Å². The first-order chi connectivity index (χ1) is 6.72. The fraction of sp³-hybridized carbons (Fsp3) is 0.100. The van der Waals surface area contributed by atoms with Gasteiger partial charge in [0.25, 0.3) is 0 Å². The van der Waals surface area contributed by atoms with Gasteiger partial charge in [0.15, 0.2) is 0 Å². The Kier molecular flexibility index (Phi) is 4.19. The van der Waals surface area contributed by atoms with Crippen LogP contribution in [0.25, 0.3) is 0 Å². The summed E-state index contributed by atoms with van der Waals surface area (Å²) in [6.45, 7) is 0. The molecule has 0 heterocycles. The van der Waals surface area contributed by atoms with Gasteiger partial charge in [-0.05, 0) is 24.3 Å². The average Bonchev–Trinajstić information content (AvgIpc) is 2.18. The van der Waals surface area contributed by atoms with Gasteiger partial charge in [-0.15, -0.1) is 0 Å². The van der Waals surface area contributed by atoms with Gasteiger partial charge in [0.05, 0.1) is 0 Å². The third-order valence-corrected chi connectivity index (χ3v) is 2.04. The van der Waals surface area contributed by atoms with Crippen molar-refractivity contribution in [3.8, 4) is 0 Å². The van der Waals surface area contributed by atoms with Crippen molar-refractivity contribution in [2.75, 3.05) is 12.4 Å². The molecule has 2 N–H and O–H groups in total. The lowest BCUT2D eigenvalue weighted by atomic mass is 10.3. The Bertz CT molecular complexity index is 332. The van der Waals surface area contributed by atoms with E-state index in [1.807, 2.05) is 24.3 Å². The molecule has 0 atom stereocenters. The highest BCUT2D eigenvalue weighted by atomic mass is 79.9. The molecule has 0 unspecified atom stereocenters. The Hall–Kier alpha value is -1.29. The maximum Gasteiger partial charge on any atom is 0.249 e. The standard InChI is InChI=1S/C10H11BrN2O/c1-12-7-6-10(14)13-9-4-2-8(11)3-5-9/h2-7,12H,1H3,(H,13,14)/b7-6-. The Morgan fingerprint density at radius 3 is 2.57 bits per heavy atom. The molecule has 1 aromatic rings. The first-order valence-electron chi connectivity index (χ1n) is 4.13. The number of carbonyl (C=O) groups is 1. The molecule has 3 nitrogen and oxygen atoms in total. The molecule has 1 amide bonds. The summed E-state index contributed by atoms with van der Waals surface area (Å²) in [6.07, 6.45) is 3.01. The summed E-state index contributed by atoms with van der Waals surface area (Å²) in [5.74, 6) is -0.151. The second-order valence-electron chi connectivity index (χ2n) is 2.62. The molecule has 0 aliphatic heterocycles. The van der Waals surface area contributed by atoms with Crippen LogP contribution in [0.15, 0.2) is 41.0 Å². The van der Waals surface area contributed by atoms with Crippen LogP contribution in [0.3, 0.4) is 0 Å². The molecular weight excluding hydrogens is 244 g/mol. The fourth-order valence-corrected chi connectivity index (χ4v) is 1.14. The summed E-state index contributed by atoms with van der Waals surface area (Å²) < 4.78 is 0.987. The lowest BCUT2D eigenvalue weighted by Gasteiger charge is -2.01. The third kappa shape index (κ3) is 3.62. The molecule has 0 fully saturated rings. The number of halogens is 1. The van der Waals surface area contributed by atoms with Crippen molar-refractivity contribution in [2.24, 2.45) is 0 Å². The monoisotopic (exact) mass is 254 g/mol. The minimum Gasteiger partial charge on any atom is -0.394 e. The molecule has 0 aliphatic rings. The molecule has 14 heavy (non-hydrogen) atoms. The minimum absolute atomic E-state index is 0.151. The normalized spacial score (nSPS) is 10.1. The second-order valence-corrected chi connectivity index (χ2v) is 3.53. The number of hydrogen-bond acceptors (Lipinski definition) is 2. The summed E-state index contributed by atoms with van der Waals surface area (Å²) in [7, 11) is 1.74. The number of anilines is 1. The first kappa shape index (κ1) is 10.8. The number of nitrogens with one attached hydrogen (secondary N) is 2. The SMILES string of the molecule is CN/C=C\C(=O)Nc1ccc(Br)cc1. The van der Waals surface area contributed by atoms with Crippen molar-refractivity contribution in [3.63, 3.8) is 0 Å². The maximum absolute atomic E-state index is 11.2. The van der Waals surface area contributed by atoms with Gasteiger partial charge < -0.3 is 10.6 Å². The third-order valence-electron chi connectivity index (χ3n) is 1.51. The highest BCUT2D eigenvalue weighted by molar-refractivity contribution is 9.10. The van der Waals surface area contributed by atoms with E-state index in [9.17, 15) is 4.79 Å². The van der Waals surface area contributed by atoms with E-state index in [0.717, 1.165) is 10.2 Å². The van der Waals surface area contributed by atoms with Crippen LogP contribution in [-0.4, -0.2) is 13.0 Å². The zero-order valence-corrected chi connectivity index (χ0v) is 9.34. The van der Waals surface area contributed by atoms with Crippen LogP contribution < -0.4 is 10.6 Å². The fourth-order valence-electron chi connectivity index (χ4n) is 0.876. The second kappa shape index (κ2) is 5.44. The molecule has 0 aliphatic carbocycles. The number of benzene rings is 1. The van der Waals surface area contributed by atoms with Crippen molar-refractivity contribution in [1.29, 1.82) is 0 Å². The Labute approximate surface area is 91.3 Å². The molecule has 0 bridgehead atoms. The van der Waals surface area contributed by atoms with Gasteiger partial charge in [-0.25, -0.2) is 0 Å². The van der Waals surface area contributed by atoms with E-state index in [2.05, 4.69) is 26.6 Å². The van der Waals surface area contributed by atoms with Crippen LogP contribution in [0, 0.1) is 0 Å². The maximum atomic E-state index is 11.2. The predicted octanol–water partition coefficient (Wildman–Crippen LogP) is 2.12. The van der Waals surface area contributed by atoms with E-state index >= 15 is 0 Å². The molecule has 1 aromatic carbocycles. The van der Waals surface area contributed by atoms with Gasteiger partial charge in [0, 0.05) is 29.5 Å². The van der Waals surface area contributed by atoms with Crippen LogP contribution in [0.4, 0.5) is 5.69 Å². The van der Waals surface area contributed by atoms with E-state index in [1.165, 1.54) is 6.08 Å². The van der Waals surface area contributed by atoms with Crippen molar-refractivity contribution in [1.82, 2.24) is 5.32 Å². The molecular formula is C10H11BrN2O. The minimum atomic E-state index is -0.151. The van der Waals surface area contributed by atoms with Gasteiger partial charge in [0.2, 0.25) is 5.91 Å². The number of carbonyl (C=O) groups excluding carboxylic acids is 1. The molecule has 74 valence electrons. The smallest absolute Gasteiger partial charge is 0.249 e. The van der Waals surface area contributed by atoms with E-state index in [4.69, 9.17) is 0 Å².